The van der Waals surface area contributed by atoms with E-state index < -0.39 is 0 Å². The van der Waals surface area contributed by atoms with E-state index in [9.17, 15) is 4.79 Å². The van der Waals surface area contributed by atoms with Crippen LogP contribution in [0.5, 0.6) is 0 Å². The van der Waals surface area contributed by atoms with E-state index in [1.54, 1.807) is 12.1 Å². The van der Waals surface area contributed by atoms with Gasteiger partial charge in [0.15, 0.2) is 5.78 Å². The van der Waals surface area contributed by atoms with Crippen molar-refractivity contribution >= 4 is 40.6 Å². The van der Waals surface area contributed by atoms with E-state index in [1.165, 1.54) is 0 Å². The highest BCUT2D eigenvalue weighted by Gasteiger charge is 2.20. The third kappa shape index (κ3) is 3.13. The van der Waals surface area contributed by atoms with Gasteiger partial charge in [0.1, 0.15) is 0 Å². The Balaban J connectivity index is 3.08. The lowest BCUT2D eigenvalue weighted by atomic mass is 9.95. The van der Waals surface area contributed by atoms with Gasteiger partial charge in [-0.3, -0.25) is 4.79 Å². The Labute approximate surface area is 111 Å². The van der Waals surface area contributed by atoms with Crippen molar-refractivity contribution in [2.75, 3.05) is 0 Å². The second-order valence-corrected chi connectivity index (χ2v) is 5.05. The summed E-state index contributed by atoms with van der Waals surface area (Å²) in [7, 11) is 0. The summed E-state index contributed by atoms with van der Waals surface area (Å²) in [5.74, 6) is -0.0882. The molecular formula is C12H13Cl3O. The van der Waals surface area contributed by atoms with Crippen LogP contribution in [0.1, 0.15) is 37.0 Å². The molecule has 0 amide bonds. The molecule has 0 N–H and O–H groups in total. The summed E-state index contributed by atoms with van der Waals surface area (Å²) >= 11 is 17.8. The first kappa shape index (κ1) is 13.8. The molecule has 0 radical (unpaired) electrons. The first-order valence-electron chi connectivity index (χ1n) is 5.16. The Bertz CT molecular complexity index is 378. The Kier molecular flexibility index (Phi) is 5.10. The maximum atomic E-state index is 12.1. The molecule has 0 aliphatic carbocycles. The van der Waals surface area contributed by atoms with E-state index >= 15 is 0 Å². The van der Waals surface area contributed by atoms with Gasteiger partial charge in [0.25, 0.3) is 0 Å². The molecule has 0 aliphatic rings. The number of hydrogen-bond donors (Lipinski definition) is 0. The molecule has 1 aromatic rings. The molecule has 1 unspecified atom stereocenters. The number of ketones is 1. The fraction of sp³-hybridized carbons (Fsp3) is 0.417. The van der Waals surface area contributed by atoms with Crippen LogP contribution in [0.3, 0.4) is 0 Å². The summed E-state index contributed by atoms with van der Waals surface area (Å²) in [6.45, 7) is 3.92. The summed E-state index contributed by atoms with van der Waals surface area (Å²) in [5, 5.41) is 1.09. The van der Waals surface area contributed by atoms with E-state index in [-0.39, 0.29) is 11.7 Å². The standard InChI is InChI=1S/C12H13Cl3O/c1-3-4-7(2)12(16)11-9(14)5-8(13)6-10(11)15/h5-7H,3-4H2,1-2H3. The first-order valence-corrected chi connectivity index (χ1v) is 6.29. The van der Waals surface area contributed by atoms with Crippen LogP contribution in [0.2, 0.25) is 15.1 Å². The minimum Gasteiger partial charge on any atom is -0.294 e. The summed E-state index contributed by atoms with van der Waals surface area (Å²) in [6.07, 6.45) is 1.78. The number of rotatable bonds is 4. The lowest BCUT2D eigenvalue weighted by Gasteiger charge is -2.12. The SMILES string of the molecule is CCCC(C)C(=O)c1c(Cl)cc(Cl)cc1Cl. The van der Waals surface area contributed by atoms with Crippen LogP contribution in [0.4, 0.5) is 0 Å². The average Bonchev–Trinajstić information content (AvgIpc) is 2.16. The van der Waals surface area contributed by atoms with E-state index in [0.29, 0.717) is 20.6 Å². The highest BCUT2D eigenvalue weighted by Crippen LogP contribution is 2.31. The molecule has 0 fully saturated rings. The van der Waals surface area contributed by atoms with Gasteiger partial charge < -0.3 is 0 Å². The van der Waals surface area contributed by atoms with Gasteiger partial charge >= 0.3 is 0 Å². The zero-order valence-electron chi connectivity index (χ0n) is 9.19. The lowest BCUT2D eigenvalue weighted by molar-refractivity contribution is 0.0924. The predicted molar refractivity (Wildman–Crippen MR) is 69.9 cm³/mol. The summed E-state index contributed by atoms with van der Waals surface area (Å²) in [4.78, 5) is 12.1. The molecule has 0 bridgehead atoms. The van der Waals surface area contributed by atoms with E-state index in [2.05, 4.69) is 0 Å². The van der Waals surface area contributed by atoms with Gasteiger partial charge in [-0.2, -0.15) is 0 Å². The Hall–Kier alpha value is -0.240. The van der Waals surface area contributed by atoms with Gasteiger partial charge in [0, 0.05) is 10.9 Å². The van der Waals surface area contributed by atoms with Crippen molar-refractivity contribution in [1.29, 1.82) is 0 Å². The molecule has 0 aliphatic heterocycles. The van der Waals surface area contributed by atoms with Crippen molar-refractivity contribution in [3.05, 3.63) is 32.8 Å². The fourth-order valence-corrected chi connectivity index (χ4v) is 2.59. The predicted octanol–water partition coefficient (Wildman–Crippen LogP) is 5.27. The number of Topliss-reactive ketones (excluding diaryl/α,β-unsaturated/α-hetero) is 1. The molecular weight excluding hydrogens is 266 g/mol. The van der Waals surface area contributed by atoms with Crippen molar-refractivity contribution in [3.63, 3.8) is 0 Å². The molecule has 0 spiro atoms. The van der Waals surface area contributed by atoms with Crippen molar-refractivity contribution in [1.82, 2.24) is 0 Å². The zero-order chi connectivity index (χ0) is 12.3. The van der Waals surface area contributed by atoms with Gasteiger partial charge in [-0.15, -0.1) is 0 Å². The van der Waals surface area contributed by atoms with Crippen molar-refractivity contribution in [2.24, 2.45) is 5.92 Å². The topological polar surface area (TPSA) is 17.1 Å². The Morgan fingerprint density at radius 1 is 1.25 bits per heavy atom. The van der Waals surface area contributed by atoms with Crippen molar-refractivity contribution < 1.29 is 4.79 Å². The fourth-order valence-electron chi connectivity index (χ4n) is 1.59. The van der Waals surface area contributed by atoms with Crippen molar-refractivity contribution in [3.8, 4) is 0 Å². The lowest BCUT2D eigenvalue weighted by Crippen LogP contribution is -2.12. The molecule has 16 heavy (non-hydrogen) atoms. The summed E-state index contributed by atoms with van der Waals surface area (Å²) in [6, 6.07) is 3.09. The molecule has 4 heteroatoms. The number of carbonyl (C=O) groups is 1. The number of hydrogen-bond acceptors (Lipinski definition) is 1. The number of halogens is 3. The van der Waals surface area contributed by atoms with E-state index in [4.69, 9.17) is 34.8 Å². The molecule has 1 nitrogen and oxygen atoms in total. The minimum atomic E-state index is -0.0684. The summed E-state index contributed by atoms with van der Waals surface area (Å²) < 4.78 is 0. The Morgan fingerprint density at radius 2 is 1.75 bits per heavy atom. The van der Waals surface area contributed by atoms with Crippen LogP contribution in [0.15, 0.2) is 12.1 Å². The number of benzene rings is 1. The second-order valence-electron chi connectivity index (χ2n) is 3.80. The maximum Gasteiger partial charge on any atom is 0.168 e. The highest BCUT2D eigenvalue weighted by atomic mass is 35.5. The van der Waals surface area contributed by atoms with Gasteiger partial charge in [-0.05, 0) is 18.6 Å². The molecule has 0 aromatic heterocycles. The maximum absolute atomic E-state index is 12.1. The van der Waals surface area contributed by atoms with Crippen LogP contribution in [-0.2, 0) is 0 Å². The van der Waals surface area contributed by atoms with Crippen LogP contribution >= 0.6 is 34.8 Å². The van der Waals surface area contributed by atoms with E-state index in [1.807, 2.05) is 13.8 Å². The molecule has 0 saturated carbocycles. The summed E-state index contributed by atoms with van der Waals surface area (Å²) in [5.41, 5.74) is 0.383. The van der Waals surface area contributed by atoms with Gasteiger partial charge in [-0.25, -0.2) is 0 Å². The van der Waals surface area contributed by atoms with Gasteiger partial charge in [-0.1, -0.05) is 55.1 Å². The second kappa shape index (κ2) is 5.90. The third-order valence-corrected chi connectivity index (χ3v) is 3.24. The molecule has 0 saturated heterocycles. The molecule has 0 heterocycles. The van der Waals surface area contributed by atoms with Crippen LogP contribution in [0, 0.1) is 5.92 Å². The normalized spacial score (nSPS) is 12.6. The molecule has 1 aromatic carbocycles. The molecule has 88 valence electrons. The monoisotopic (exact) mass is 278 g/mol. The Morgan fingerprint density at radius 3 is 2.19 bits per heavy atom. The van der Waals surface area contributed by atoms with E-state index in [0.717, 1.165) is 12.8 Å². The zero-order valence-corrected chi connectivity index (χ0v) is 11.5. The molecule has 1 atom stereocenters. The van der Waals surface area contributed by atoms with Crippen LogP contribution in [-0.4, -0.2) is 5.78 Å². The van der Waals surface area contributed by atoms with Crippen LogP contribution in [0.25, 0.3) is 0 Å². The number of carbonyl (C=O) groups excluding carboxylic acids is 1. The van der Waals surface area contributed by atoms with Crippen LogP contribution < -0.4 is 0 Å². The smallest absolute Gasteiger partial charge is 0.168 e. The van der Waals surface area contributed by atoms with Gasteiger partial charge in [0.05, 0.1) is 15.6 Å². The molecule has 1 rings (SSSR count). The first-order chi connectivity index (χ1) is 7.47. The average molecular weight is 280 g/mol. The quantitative estimate of drug-likeness (QED) is 0.687. The van der Waals surface area contributed by atoms with Crippen molar-refractivity contribution in [2.45, 2.75) is 26.7 Å². The third-order valence-electron chi connectivity index (χ3n) is 2.42. The minimum absolute atomic E-state index is 0.0199. The highest BCUT2D eigenvalue weighted by molar-refractivity contribution is 6.42. The van der Waals surface area contributed by atoms with Gasteiger partial charge in [0.2, 0.25) is 0 Å². The largest absolute Gasteiger partial charge is 0.294 e.